The number of nitrogens with zero attached hydrogens (tertiary/aromatic N) is 4. The van der Waals surface area contributed by atoms with Crippen molar-refractivity contribution in [3.05, 3.63) is 23.8 Å². The molecule has 2 aromatic rings. The van der Waals surface area contributed by atoms with E-state index in [1.165, 1.54) is 12.8 Å². The fourth-order valence-electron chi connectivity index (χ4n) is 4.07. The largest absolute Gasteiger partial charge is 0.349 e. The minimum Gasteiger partial charge on any atom is -0.349 e. The highest BCUT2D eigenvalue weighted by Crippen LogP contribution is 2.24. The molecule has 7 nitrogen and oxygen atoms in total. The lowest BCUT2D eigenvalue weighted by Crippen LogP contribution is -2.50. The molecule has 2 fully saturated rings. The molecular formula is C18H26N6O. The van der Waals surface area contributed by atoms with Gasteiger partial charge in [0, 0.05) is 50.9 Å². The van der Waals surface area contributed by atoms with Crippen molar-refractivity contribution < 1.29 is 4.79 Å². The van der Waals surface area contributed by atoms with Crippen molar-refractivity contribution >= 4 is 16.9 Å². The molecular weight excluding hydrogens is 316 g/mol. The average molecular weight is 342 g/mol. The van der Waals surface area contributed by atoms with Crippen LogP contribution in [0.5, 0.6) is 0 Å². The van der Waals surface area contributed by atoms with E-state index in [-0.39, 0.29) is 11.9 Å². The molecule has 1 saturated heterocycles. The monoisotopic (exact) mass is 342 g/mol. The van der Waals surface area contributed by atoms with Crippen LogP contribution in [0, 0.1) is 0 Å². The molecule has 1 aliphatic carbocycles. The third-order valence-corrected chi connectivity index (χ3v) is 5.57. The Morgan fingerprint density at radius 2 is 1.96 bits per heavy atom. The number of benzene rings is 1. The zero-order valence-electron chi connectivity index (χ0n) is 14.7. The molecule has 1 aliphatic heterocycles. The molecule has 25 heavy (non-hydrogen) atoms. The SMILES string of the molecule is Cn1nnc2ccc(C(=O)NC3CCC(N4CCNCC4)CC3)cc21. The van der Waals surface area contributed by atoms with Crippen LogP contribution >= 0.6 is 0 Å². The van der Waals surface area contributed by atoms with Gasteiger partial charge in [0.15, 0.2) is 0 Å². The Bertz CT molecular complexity index is 743. The van der Waals surface area contributed by atoms with Gasteiger partial charge in [-0.05, 0) is 43.9 Å². The van der Waals surface area contributed by atoms with Crippen molar-refractivity contribution in [2.75, 3.05) is 26.2 Å². The quantitative estimate of drug-likeness (QED) is 0.867. The summed E-state index contributed by atoms with van der Waals surface area (Å²) in [6, 6.07) is 6.54. The van der Waals surface area contributed by atoms with Gasteiger partial charge in [0.1, 0.15) is 5.52 Å². The van der Waals surface area contributed by atoms with Crippen LogP contribution in [0.25, 0.3) is 11.0 Å². The van der Waals surface area contributed by atoms with Gasteiger partial charge in [-0.25, -0.2) is 4.68 Å². The normalized spacial score (nSPS) is 25.2. The van der Waals surface area contributed by atoms with Crippen LogP contribution in [0.15, 0.2) is 18.2 Å². The summed E-state index contributed by atoms with van der Waals surface area (Å²) in [5.41, 5.74) is 2.38. The van der Waals surface area contributed by atoms with Gasteiger partial charge in [0.05, 0.1) is 5.52 Å². The maximum atomic E-state index is 12.6. The number of piperazine rings is 1. The highest BCUT2D eigenvalue weighted by atomic mass is 16.1. The Labute approximate surface area is 147 Å². The molecule has 7 heteroatoms. The molecule has 1 amide bonds. The first-order chi connectivity index (χ1) is 12.2. The number of hydrogen-bond acceptors (Lipinski definition) is 5. The second-order valence-electron chi connectivity index (χ2n) is 7.18. The van der Waals surface area contributed by atoms with Crippen LogP contribution in [-0.4, -0.2) is 64.1 Å². The molecule has 1 saturated carbocycles. The number of hydrogen-bond donors (Lipinski definition) is 2. The molecule has 2 heterocycles. The molecule has 0 unspecified atom stereocenters. The van der Waals surface area contributed by atoms with E-state index in [2.05, 4.69) is 25.8 Å². The van der Waals surface area contributed by atoms with Gasteiger partial charge < -0.3 is 10.6 Å². The van der Waals surface area contributed by atoms with Crippen molar-refractivity contribution in [3.8, 4) is 0 Å². The highest BCUT2D eigenvalue weighted by Gasteiger charge is 2.27. The Morgan fingerprint density at radius 3 is 2.72 bits per heavy atom. The van der Waals surface area contributed by atoms with Crippen LogP contribution in [0.3, 0.4) is 0 Å². The van der Waals surface area contributed by atoms with Gasteiger partial charge in [0.25, 0.3) is 5.91 Å². The topological polar surface area (TPSA) is 75.1 Å². The third-order valence-electron chi connectivity index (χ3n) is 5.57. The van der Waals surface area contributed by atoms with E-state index >= 15 is 0 Å². The number of nitrogens with one attached hydrogen (secondary N) is 2. The van der Waals surface area contributed by atoms with Crippen LogP contribution < -0.4 is 10.6 Å². The molecule has 4 rings (SSSR count). The fourth-order valence-corrected chi connectivity index (χ4v) is 4.07. The maximum absolute atomic E-state index is 12.6. The highest BCUT2D eigenvalue weighted by molar-refractivity contribution is 5.97. The lowest BCUT2D eigenvalue weighted by Gasteiger charge is -2.39. The van der Waals surface area contributed by atoms with E-state index in [1.54, 1.807) is 4.68 Å². The van der Waals surface area contributed by atoms with Gasteiger partial charge in [-0.1, -0.05) is 5.21 Å². The van der Waals surface area contributed by atoms with Gasteiger partial charge >= 0.3 is 0 Å². The summed E-state index contributed by atoms with van der Waals surface area (Å²) in [6.07, 6.45) is 4.48. The van der Waals surface area contributed by atoms with Crippen molar-refractivity contribution in [2.45, 2.75) is 37.8 Å². The lowest BCUT2D eigenvalue weighted by atomic mass is 9.89. The zero-order valence-corrected chi connectivity index (χ0v) is 14.7. The van der Waals surface area contributed by atoms with Gasteiger partial charge in [-0.3, -0.25) is 9.69 Å². The molecule has 2 aliphatic rings. The minimum atomic E-state index is 0.00808. The van der Waals surface area contributed by atoms with Crippen molar-refractivity contribution in [3.63, 3.8) is 0 Å². The Balaban J connectivity index is 1.34. The number of aryl methyl sites for hydroxylation is 1. The number of amides is 1. The van der Waals surface area contributed by atoms with Gasteiger partial charge in [-0.2, -0.15) is 0 Å². The second kappa shape index (κ2) is 7.09. The number of aromatic nitrogens is 3. The molecule has 1 aromatic carbocycles. The van der Waals surface area contributed by atoms with E-state index in [0.29, 0.717) is 11.6 Å². The summed E-state index contributed by atoms with van der Waals surface area (Å²) in [4.78, 5) is 15.2. The summed E-state index contributed by atoms with van der Waals surface area (Å²) < 4.78 is 1.70. The average Bonchev–Trinajstić information content (AvgIpc) is 3.03. The van der Waals surface area contributed by atoms with Crippen LogP contribution in [0.4, 0.5) is 0 Å². The first-order valence-corrected chi connectivity index (χ1v) is 9.26. The van der Waals surface area contributed by atoms with Crippen LogP contribution in [-0.2, 0) is 7.05 Å². The predicted molar refractivity (Wildman–Crippen MR) is 96.5 cm³/mol. The van der Waals surface area contributed by atoms with Gasteiger partial charge in [0.2, 0.25) is 0 Å². The molecule has 2 N–H and O–H groups in total. The second-order valence-corrected chi connectivity index (χ2v) is 7.18. The lowest BCUT2D eigenvalue weighted by molar-refractivity contribution is 0.0894. The summed E-state index contributed by atoms with van der Waals surface area (Å²) in [5.74, 6) is 0.00808. The van der Waals surface area contributed by atoms with E-state index in [4.69, 9.17) is 0 Å². The maximum Gasteiger partial charge on any atom is 0.251 e. The number of carbonyl (C=O) groups excluding carboxylic acids is 1. The van der Waals surface area contributed by atoms with Crippen molar-refractivity contribution in [1.29, 1.82) is 0 Å². The Hall–Kier alpha value is -1.99. The molecule has 0 atom stereocenters. The molecule has 1 aromatic heterocycles. The number of rotatable bonds is 3. The van der Waals surface area contributed by atoms with E-state index in [0.717, 1.165) is 50.1 Å². The van der Waals surface area contributed by atoms with Crippen molar-refractivity contribution in [1.82, 2.24) is 30.5 Å². The summed E-state index contributed by atoms with van der Waals surface area (Å²) in [6.45, 7) is 4.50. The summed E-state index contributed by atoms with van der Waals surface area (Å²) in [7, 11) is 1.84. The summed E-state index contributed by atoms with van der Waals surface area (Å²) >= 11 is 0. The van der Waals surface area contributed by atoms with Crippen LogP contribution in [0.2, 0.25) is 0 Å². The first-order valence-electron chi connectivity index (χ1n) is 9.26. The number of fused-ring (bicyclic) bond motifs is 1. The third kappa shape index (κ3) is 3.52. The minimum absolute atomic E-state index is 0.00808. The number of carbonyl (C=O) groups is 1. The molecule has 134 valence electrons. The van der Waals surface area contributed by atoms with Crippen LogP contribution in [0.1, 0.15) is 36.0 Å². The molecule has 0 bridgehead atoms. The Kier molecular flexibility index (Phi) is 4.67. The molecule has 0 radical (unpaired) electrons. The fraction of sp³-hybridized carbons (Fsp3) is 0.611. The van der Waals surface area contributed by atoms with Crippen molar-refractivity contribution in [2.24, 2.45) is 7.05 Å². The summed E-state index contributed by atoms with van der Waals surface area (Å²) in [5, 5.41) is 14.7. The Morgan fingerprint density at radius 1 is 1.20 bits per heavy atom. The predicted octanol–water partition coefficient (Wildman–Crippen LogP) is 0.915. The first kappa shape index (κ1) is 16.5. The van der Waals surface area contributed by atoms with Gasteiger partial charge in [-0.15, -0.1) is 5.10 Å². The zero-order chi connectivity index (χ0) is 17.2. The van der Waals surface area contributed by atoms with E-state index < -0.39 is 0 Å². The smallest absolute Gasteiger partial charge is 0.251 e. The molecule has 0 spiro atoms. The standard InChI is InChI=1S/C18H26N6O/c1-23-17-12-13(2-7-16(17)21-22-23)18(25)20-14-3-5-15(6-4-14)24-10-8-19-9-11-24/h2,7,12,14-15,19H,3-6,8-11H2,1H3,(H,20,25). The van der Waals surface area contributed by atoms with E-state index in [9.17, 15) is 4.79 Å². The van der Waals surface area contributed by atoms with E-state index in [1.807, 2.05) is 25.2 Å².